The molecular formula is C24H16FN3S. The summed E-state index contributed by atoms with van der Waals surface area (Å²) >= 11 is 5.38. The number of fused-ring (bicyclic) bond motifs is 1. The fraction of sp³-hybridized carbons (Fsp3) is 0. The summed E-state index contributed by atoms with van der Waals surface area (Å²) in [6, 6.07) is 25.2. The topological polar surface area (TPSA) is 33.1 Å². The van der Waals surface area contributed by atoms with Gasteiger partial charge in [0, 0.05) is 23.5 Å². The van der Waals surface area contributed by atoms with Gasteiger partial charge in [0.25, 0.3) is 0 Å². The summed E-state index contributed by atoms with van der Waals surface area (Å²) in [6.07, 6.45) is 3.56. The molecule has 0 amide bonds. The average molecular weight is 397 g/mol. The molecule has 2 aromatic heterocycles. The highest BCUT2D eigenvalue weighted by molar-refractivity contribution is 7.71. The Balaban J connectivity index is 1.63. The van der Waals surface area contributed by atoms with Crippen LogP contribution in [0.4, 0.5) is 4.39 Å². The van der Waals surface area contributed by atoms with E-state index < -0.39 is 0 Å². The van der Waals surface area contributed by atoms with Crippen LogP contribution < -0.4 is 0 Å². The van der Waals surface area contributed by atoms with E-state index >= 15 is 0 Å². The van der Waals surface area contributed by atoms with Gasteiger partial charge in [0.15, 0.2) is 0 Å². The van der Waals surface area contributed by atoms with E-state index in [1.54, 1.807) is 28.9 Å². The van der Waals surface area contributed by atoms with Crippen LogP contribution in [-0.2, 0) is 0 Å². The maximum absolute atomic E-state index is 14.3. The lowest BCUT2D eigenvalue weighted by molar-refractivity contribution is 0.631. The molecule has 140 valence electrons. The predicted octanol–water partition coefficient (Wildman–Crippen LogP) is 6.53. The van der Waals surface area contributed by atoms with E-state index in [4.69, 9.17) is 12.2 Å². The van der Waals surface area contributed by atoms with E-state index in [-0.39, 0.29) is 5.82 Å². The molecule has 29 heavy (non-hydrogen) atoms. The lowest BCUT2D eigenvalue weighted by Gasteiger charge is -2.06. The molecule has 0 fully saturated rings. The van der Waals surface area contributed by atoms with Crippen LogP contribution in [0.1, 0.15) is 0 Å². The van der Waals surface area contributed by atoms with Crippen molar-refractivity contribution in [1.29, 1.82) is 0 Å². The molecule has 1 N–H and O–H groups in total. The number of H-pyrrole nitrogens is 1. The van der Waals surface area contributed by atoms with Crippen molar-refractivity contribution in [1.82, 2.24) is 14.4 Å². The average Bonchev–Trinajstić information content (AvgIpc) is 3.21. The maximum Gasteiger partial charge on any atom is 0.205 e. The third-order valence-electron chi connectivity index (χ3n) is 4.98. The minimum Gasteiger partial charge on any atom is -0.339 e. The summed E-state index contributed by atoms with van der Waals surface area (Å²) in [6.45, 7) is 0. The number of nitrogens with zero attached hydrogens (tertiary/aromatic N) is 2. The first kappa shape index (κ1) is 17.5. The van der Waals surface area contributed by atoms with Crippen LogP contribution in [-0.4, -0.2) is 14.4 Å². The summed E-state index contributed by atoms with van der Waals surface area (Å²) in [4.78, 5) is 7.68. The first-order chi connectivity index (χ1) is 14.2. The molecule has 0 aliphatic carbocycles. The molecular weight excluding hydrogens is 381 g/mol. The van der Waals surface area contributed by atoms with E-state index in [0.29, 0.717) is 16.0 Å². The normalized spacial score (nSPS) is 11.1. The standard InChI is InChI=1S/C24H16FN3S/c25-21-9-5-4-8-19(21)22-15-28-23(27-22)20(14-26-24(28)29)18-12-10-17(11-13-18)16-6-2-1-3-7-16/h1-15,27H. The minimum absolute atomic E-state index is 0.285. The Kier molecular flexibility index (Phi) is 4.30. The molecule has 0 saturated heterocycles. The van der Waals surface area contributed by atoms with Crippen LogP contribution in [0.25, 0.3) is 39.2 Å². The summed E-state index contributed by atoms with van der Waals surface area (Å²) in [7, 11) is 0. The summed E-state index contributed by atoms with van der Waals surface area (Å²) in [5, 5.41) is 0. The van der Waals surface area contributed by atoms with Crippen molar-refractivity contribution in [3.8, 4) is 33.5 Å². The van der Waals surface area contributed by atoms with Crippen molar-refractivity contribution < 1.29 is 4.39 Å². The highest BCUT2D eigenvalue weighted by atomic mass is 32.1. The third-order valence-corrected chi connectivity index (χ3v) is 5.29. The Bertz CT molecular complexity index is 1370. The van der Waals surface area contributed by atoms with Crippen molar-refractivity contribution in [2.75, 3.05) is 0 Å². The first-order valence-electron chi connectivity index (χ1n) is 9.22. The van der Waals surface area contributed by atoms with E-state index in [2.05, 4.69) is 46.4 Å². The van der Waals surface area contributed by atoms with Gasteiger partial charge in [-0.05, 0) is 41.0 Å². The number of hydrogen-bond donors (Lipinski definition) is 1. The van der Waals surface area contributed by atoms with Crippen LogP contribution >= 0.6 is 12.2 Å². The van der Waals surface area contributed by atoms with Crippen molar-refractivity contribution in [3.05, 3.63) is 102 Å². The molecule has 0 atom stereocenters. The molecule has 3 aromatic carbocycles. The van der Waals surface area contributed by atoms with Gasteiger partial charge in [0.05, 0.1) is 5.69 Å². The minimum atomic E-state index is -0.285. The SMILES string of the molecule is Fc1ccccc1-c1cn2c(=S)ncc(-c3ccc(-c4ccccc4)cc3)c2[nH]1. The van der Waals surface area contributed by atoms with E-state index in [0.717, 1.165) is 22.3 Å². The molecule has 5 rings (SSSR count). The predicted molar refractivity (Wildman–Crippen MR) is 117 cm³/mol. The Hall–Kier alpha value is -3.57. The first-order valence-corrected chi connectivity index (χ1v) is 9.63. The van der Waals surface area contributed by atoms with E-state index in [9.17, 15) is 4.39 Å². The number of nitrogens with one attached hydrogen (secondary N) is 1. The van der Waals surface area contributed by atoms with Gasteiger partial charge in [0.2, 0.25) is 4.77 Å². The molecule has 5 heteroatoms. The zero-order valence-electron chi connectivity index (χ0n) is 15.3. The van der Waals surface area contributed by atoms with Crippen molar-refractivity contribution in [2.45, 2.75) is 0 Å². The Morgan fingerprint density at radius 1 is 0.759 bits per heavy atom. The van der Waals surface area contributed by atoms with Crippen LogP contribution in [0.15, 0.2) is 91.3 Å². The van der Waals surface area contributed by atoms with Crippen molar-refractivity contribution >= 4 is 17.9 Å². The van der Waals surface area contributed by atoms with Crippen molar-refractivity contribution in [2.24, 2.45) is 0 Å². The largest absolute Gasteiger partial charge is 0.339 e. The maximum atomic E-state index is 14.3. The van der Waals surface area contributed by atoms with Gasteiger partial charge in [-0.2, -0.15) is 0 Å². The van der Waals surface area contributed by atoms with Gasteiger partial charge in [-0.25, -0.2) is 9.37 Å². The summed E-state index contributed by atoms with van der Waals surface area (Å²) < 4.78 is 16.5. The van der Waals surface area contributed by atoms with E-state index in [1.165, 1.54) is 11.6 Å². The molecule has 5 aromatic rings. The molecule has 0 aliphatic rings. The van der Waals surface area contributed by atoms with Crippen LogP contribution in [0.2, 0.25) is 0 Å². The van der Waals surface area contributed by atoms with Gasteiger partial charge in [-0.3, -0.25) is 4.40 Å². The lowest BCUT2D eigenvalue weighted by atomic mass is 10.0. The zero-order valence-corrected chi connectivity index (χ0v) is 16.2. The number of rotatable bonds is 3. The molecule has 0 saturated carbocycles. The number of aromatic nitrogens is 3. The molecule has 0 radical (unpaired) electrons. The molecule has 3 nitrogen and oxygen atoms in total. The van der Waals surface area contributed by atoms with Gasteiger partial charge < -0.3 is 4.98 Å². The fourth-order valence-electron chi connectivity index (χ4n) is 3.51. The molecule has 0 aliphatic heterocycles. The Morgan fingerprint density at radius 3 is 2.17 bits per heavy atom. The Morgan fingerprint density at radius 2 is 1.41 bits per heavy atom. The number of halogens is 1. The zero-order chi connectivity index (χ0) is 19.8. The number of aromatic amines is 1. The monoisotopic (exact) mass is 397 g/mol. The quantitative estimate of drug-likeness (QED) is 0.351. The molecule has 2 heterocycles. The second-order valence-corrected chi connectivity index (χ2v) is 7.13. The van der Waals surface area contributed by atoms with Crippen LogP contribution in [0.5, 0.6) is 0 Å². The molecule has 0 spiro atoms. The second-order valence-electron chi connectivity index (χ2n) is 6.76. The van der Waals surface area contributed by atoms with Gasteiger partial charge in [-0.1, -0.05) is 66.7 Å². The third kappa shape index (κ3) is 3.15. The Labute approximate surface area is 172 Å². The lowest BCUT2D eigenvalue weighted by Crippen LogP contribution is -1.92. The number of hydrogen-bond acceptors (Lipinski definition) is 2. The summed E-state index contributed by atoms with van der Waals surface area (Å²) in [5.41, 5.74) is 6.16. The molecule has 0 unspecified atom stereocenters. The highest BCUT2D eigenvalue weighted by Gasteiger charge is 2.12. The van der Waals surface area contributed by atoms with Gasteiger partial charge in [0.1, 0.15) is 11.5 Å². The second kappa shape index (κ2) is 7.11. The number of imidazole rings is 1. The fourth-order valence-corrected chi connectivity index (χ4v) is 3.70. The van der Waals surface area contributed by atoms with Crippen LogP contribution in [0.3, 0.4) is 0 Å². The number of benzene rings is 3. The smallest absolute Gasteiger partial charge is 0.205 e. The van der Waals surface area contributed by atoms with Crippen LogP contribution in [0, 0.1) is 10.6 Å². The van der Waals surface area contributed by atoms with Gasteiger partial charge in [-0.15, -0.1) is 0 Å². The summed E-state index contributed by atoms with van der Waals surface area (Å²) in [5.74, 6) is -0.285. The molecule has 0 bridgehead atoms. The van der Waals surface area contributed by atoms with E-state index in [1.807, 2.05) is 24.3 Å². The highest BCUT2D eigenvalue weighted by Crippen LogP contribution is 2.29. The van der Waals surface area contributed by atoms with Gasteiger partial charge >= 0.3 is 0 Å². The van der Waals surface area contributed by atoms with Crippen molar-refractivity contribution in [3.63, 3.8) is 0 Å².